The van der Waals surface area contributed by atoms with Crippen molar-refractivity contribution in [1.29, 1.82) is 0 Å². The highest BCUT2D eigenvalue weighted by atomic mass is 16.5. The zero-order valence-electron chi connectivity index (χ0n) is 13.3. The first-order valence-corrected chi connectivity index (χ1v) is 8.08. The van der Waals surface area contributed by atoms with Crippen LogP contribution in [0.2, 0.25) is 0 Å². The largest absolute Gasteiger partial charge is 0.490 e. The van der Waals surface area contributed by atoms with Gasteiger partial charge in [-0.3, -0.25) is 4.79 Å². The molecule has 1 amide bonds. The molecule has 3 rings (SSSR count). The first kappa shape index (κ1) is 15.5. The van der Waals surface area contributed by atoms with Crippen molar-refractivity contribution in [2.45, 2.75) is 45.1 Å². The summed E-state index contributed by atoms with van der Waals surface area (Å²) in [5, 5.41) is 2.75. The second-order valence-electron chi connectivity index (χ2n) is 5.88. The second kappa shape index (κ2) is 7.22. The summed E-state index contributed by atoms with van der Waals surface area (Å²) < 4.78 is 6.04. The quantitative estimate of drug-likeness (QED) is 0.934. The fourth-order valence-corrected chi connectivity index (χ4v) is 2.81. The number of carbonyl (C=O) groups excluding carboxylic acids is 1. The van der Waals surface area contributed by atoms with E-state index < -0.39 is 0 Å². The summed E-state index contributed by atoms with van der Waals surface area (Å²) in [7, 11) is 0. The average molecular weight is 311 g/mol. The summed E-state index contributed by atoms with van der Waals surface area (Å²) in [6.45, 7) is 1.87. The molecule has 5 heteroatoms. The molecule has 1 aliphatic rings. The van der Waals surface area contributed by atoms with E-state index in [1.54, 1.807) is 24.4 Å². The van der Waals surface area contributed by atoms with Gasteiger partial charge in [-0.1, -0.05) is 12.5 Å². The van der Waals surface area contributed by atoms with E-state index in [9.17, 15) is 4.79 Å². The number of nitrogens with one attached hydrogen (secondary N) is 1. The predicted octanol–water partition coefficient (Wildman–Crippen LogP) is 3.75. The Balaban J connectivity index is 1.72. The van der Waals surface area contributed by atoms with Gasteiger partial charge in [-0.25, -0.2) is 9.97 Å². The molecular weight excluding hydrogens is 290 g/mol. The molecular formula is C18H21N3O2. The Labute approximate surface area is 136 Å². The summed E-state index contributed by atoms with van der Waals surface area (Å²) in [4.78, 5) is 20.7. The topological polar surface area (TPSA) is 64.1 Å². The lowest BCUT2D eigenvalue weighted by Gasteiger charge is -2.23. The highest BCUT2D eigenvalue weighted by Crippen LogP contribution is 2.24. The molecule has 0 radical (unpaired) electrons. The molecule has 0 atom stereocenters. The molecule has 0 spiro atoms. The first-order chi connectivity index (χ1) is 11.2. The lowest BCUT2D eigenvalue weighted by atomic mass is 9.98. The number of hydrogen-bond acceptors (Lipinski definition) is 4. The van der Waals surface area contributed by atoms with E-state index in [0.717, 1.165) is 24.3 Å². The van der Waals surface area contributed by atoms with Crippen LogP contribution >= 0.6 is 0 Å². The summed E-state index contributed by atoms with van der Waals surface area (Å²) in [5.41, 5.74) is 1.12. The van der Waals surface area contributed by atoms with Crippen LogP contribution in [-0.2, 0) is 0 Å². The van der Waals surface area contributed by atoms with Crippen molar-refractivity contribution in [2.24, 2.45) is 0 Å². The van der Waals surface area contributed by atoms with Gasteiger partial charge in [-0.15, -0.1) is 0 Å². The lowest BCUT2D eigenvalue weighted by molar-refractivity contribution is 0.102. The third-order valence-electron chi connectivity index (χ3n) is 3.92. The van der Waals surface area contributed by atoms with E-state index >= 15 is 0 Å². The maximum absolute atomic E-state index is 12.3. The first-order valence-electron chi connectivity index (χ1n) is 8.08. The van der Waals surface area contributed by atoms with Crippen LogP contribution in [-0.4, -0.2) is 22.0 Å². The predicted molar refractivity (Wildman–Crippen MR) is 88.7 cm³/mol. The van der Waals surface area contributed by atoms with Gasteiger partial charge in [0.15, 0.2) is 0 Å². The third kappa shape index (κ3) is 4.28. The zero-order chi connectivity index (χ0) is 16.1. The lowest BCUT2D eigenvalue weighted by Crippen LogP contribution is -2.20. The van der Waals surface area contributed by atoms with Gasteiger partial charge < -0.3 is 10.1 Å². The van der Waals surface area contributed by atoms with Crippen LogP contribution in [0.15, 0.2) is 36.5 Å². The second-order valence-corrected chi connectivity index (χ2v) is 5.88. The molecule has 23 heavy (non-hydrogen) atoms. The summed E-state index contributed by atoms with van der Waals surface area (Å²) in [6, 6.07) is 8.96. The van der Waals surface area contributed by atoms with Crippen molar-refractivity contribution in [2.75, 3.05) is 5.32 Å². The summed E-state index contributed by atoms with van der Waals surface area (Å²) in [6.07, 6.45) is 7.75. The van der Waals surface area contributed by atoms with Crippen LogP contribution in [0.5, 0.6) is 5.75 Å². The smallest absolute Gasteiger partial charge is 0.275 e. The van der Waals surface area contributed by atoms with Crippen LogP contribution in [0, 0.1) is 6.92 Å². The van der Waals surface area contributed by atoms with Crippen LogP contribution in [0.1, 0.15) is 48.3 Å². The van der Waals surface area contributed by atoms with E-state index in [1.165, 1.54) is 19.3 Å². The van der Waals surface area contributed by atoms with Gasteiger partial charge in [-0.05, 0) is 44.7 Å². The minimum absolute atomic E-state index is 0.247. The number of ether oxygens (including phenoxy) is 1. The Kier molecular flexibility index (Phi) is 4.86. The number of nitrogens with zero attached hydrogens (tertiary/aromatic N) is 2. The van der Waals surface area contributed by atoms with E-state index in [2.05, 4.69) is 15.3 Å². The normalized spacial score (nSPS) is 15.2. The number of carbonyl (C=O) groups is 1. The number of aromatic nitrogens is 2. The molecule has 2 aromatic heterocycles. The van der Waals surface area contributed by atoms with E-state index in [1.807, 2.05) is 19.1 Å². The molecule has 1 N–H and O–H groups in total. The maximum atomic E-state index is 12.3. The van der Waals surface area contributed by atoms with Gasteiger partial charge in [0.2, 0.25) is 0 Å². The molecule has 1 fully saturated rings. The van der Waals surface area contributed by atoms with Crippen LogP contribution in [0.4, 0.5) is 5.82 Å². The summed E-state index contributed by atoms with van der Waals surface area (Å²) in [5.74, 6) is 0.951. The van der Waals surface area contributed by atoms with Gasteiger partial charge in [-0.2, -0.15) is 0 Å². The van der Waals surface area contributed by atoms with E-state index in [-0.39, 0.29) is 12.0 Å². The monoisotopic (exact) mass is 311 g/mol. The van der Waals surface area contributed by atoms with Crippen molar-refractivity contribution in [3.8, 4) is 5.75 Å². The molecule has 2 aromatic rings. The van der Waals surface area contributed by atoms with Gasteiger partial charge in [0.05, 0.1) is 6.10 Å². The van der Waals surface area contributed by atoms with Crippen LogP contribution in [0.3, 0.4) is 0 Å². The number of aryl methyl sites for hydroxylation is 1. The molecule has 0 aromatic carbocycles. The number of rotatable bonds is 4. The van der Waals surface area contributed by atoms with Crippen LogP contribution in [0.25, 0.3) is 0 Å². The molecule has 0 bridgehead atoms. The fraction of sp³-hybridized carbons (Fsp3) is 0.389. The maximum Gasteiger partial charge on any atom is 0.275 e. The van der Waals surface area contributed by atoms with Gasteiger partial charge in [0.1, 0.15) is 17.3 Å². The highest BCUT2D eigenvalue weighted by molar-refractivity contribution is 6.02. The Morgan fingerprint density at radius 2 is 2.04 bits per heavy atom. The van der Waals surface area contributed by atoms with Crippen molar-refractivity contribution < 1.29 is 9.53 Å². The Morgan fingerprint density at radius 3 is 2.78 bits per heavy atom. The van der Waals surface area contributed by atoms with Crippen molar-refractivity contribution >= 4 is 11.7 Å². The van der Waals surface area contributed by atoms with Crippen molar-refractivity contribution in [3.05, 3.63) is 47.9 Å². The van der Waals surface area contributed by atoms with E-state index in [0.29, 0.717) is 11.5 Å². The molecule has 1 aliphatic carbocycles. The minimum atomic E-state index is -0.277. The Hall–Kier alpha value is -2.43. The molecule has 1 saturated carbocycles. The molecule has 5 nitrogen and oxygen atoms in total. The number of pyridine rings is 2. The van der Waals surface area contributed by atoms with Crippen molar-refractivity contribution in [3.63, 3.8) is 0 Å². The third-order valence-corrected chi connectivity index (χ3v) is 3.92. The number of anilines is 1. The van der Waals surface area contributed by atoms with Gasteiger partial charge in [0.25, 0.3) is 5.91 Å². The van der Waals surface area contributed by atoms with E-state index in [4.69, 9.17) is 4.74 Å². The number of amides is 1. The average Bonchev–Trinajstić information content (AvgIpc) is 2.56. The molecule has 0 aliphatic heterocycles. The van der Waals surface area contributed by atoms with Gasteiger partial charge in [0, 0.05) is 24.0 Å². The fourth-order valence-electron chi connectivity index (χ4n) is 2.81. The molecule has 0 unspecified atom stereocenters. The minimum Gasteiger partial charge on any atom is -0.490 e. The van der Waals surface area contributed by atoms with Crippen molar-refractivity contribution in [1.82, 2.24) is 9.97 Å². The van der Waals surface area contributed by atoms with Crippen LogP contribution < -0.4 is 10.1 Å². The standard InChI is InChI=1S/C18H21N3O2/c1-13-11-15(23-14-7-3-2-4-8-14)12-16(20-13)18(22)21-17-9-5-6-10-19-17/h5-6,9-12,14H,2-4,7-8H2,1H3,(H,19,21,22). The molecule has 120 valence electrons. The zero-order valence-corrected chi connectivity index (χ0v) is 13.3. The Morgan fingerprint density at radius 1 is 1.22 bits per heavy atom. The number of hydrogen-bond donors (Lipinski definition) is 1. The molecule has 0 saturated heterocycles. The Bertz CT molecular complexity index is 667. The SMILES string of the molecule is Cc1cc(OC2CCCCC2)cc(C(=O)Nc2ccccn2)n1. The highest BCUT2D eigenvalue weighted by Gasteiger charge is 2.17. The molecule has 2 heterocycles. The summed E-state index contributed by atoms with van der Waals surface area (Å²) >= 11 is 0. The van der Waals surface area contributed by atoms with Gasteiger partial charge >= 0.3 is 0 Å².